The molecule has 5 aliphatic rings. The zero-order valence-corrected chi connectivity index (χ0v) is 25.0. The van der Waals surface area contributed by atoms with E-state index in [0.29, 0.717) is 52.9 Å². The highest BCUT2D eigenvalue weighted by Gasteiger charge is 2.37. The number of halogens is 1. The number of aromatic nitrogens is 4. The van der Waals surface area contributed by atoms with Gasteiger partial charge >= 0.3 is 6.01 Å². The summed E-state index contributed by atoms with van der Waals surface area (Å²) in [6, 6.07) is 12.9. The number of alkyl halides is 1. The zero-order valence-electron chi connectivity index (χ0n) is 25.0. The van der Waals surface area contributed by atoms with Crippen molar-refractivity contribution in [3.05, 3.63) is 46.8 Å². The molecule has 4 saturated heterocycles. The van der Waals surface area contributed by atoms with Gasteiger partial charge in [0.15, 0.2) is 11.5 Å². The average molecular weight is 600 g/mol. The fraction of sp³-hybridized carbons (Fsp3) is 0.515. The first kappa shape index (κ1) is 27.7. The van der Waals surface area contributed by atoms with E-state index in [2.05, 4.69) is 25.1 Å². The molecular formula is C33H38FN7O3. The van der Waals surface area contributed by atoms with Crippen LogP contribution in [0.3, 0.4) is 0 Å². The highest BCUT2D eigenvalue weighted by atomic mass is 19.1. The fourth-order valence-electron chi connectivity index (χ4n) is 7.72. The van der Waals surface area contributed by atoms with E-state index in [9.17, 15) is 14.3 Å². The Balaban J connectivity index is 0.000000274. The highest BCUT2D eigenvalue weighted by molar-refractivity contribution is 5.97. The molecule has 10 nitrogen and oxygen atoms in total. The molecule has 44 heavy (non-hydrogen) atoms. The Labute approximate surface area is 254 Å². The van der Waals surface area contributed by atoms with Gasteiger partial charge in [0.05, 0.1) is 7.11 Å². The second-order valence-corrected chi connectivity index (χ2v) is 13.0. The summed E-state index contributed by atoms with van der Waals surface area (Å²) in [5, 5.41) is 16.4. The Hall–Kier alpha value is -3.83. The number of fused-ring (bicyclic) bond motifs is 5. The quantitative estimate of drug-likeness (QED) is 0.357. The maximum atomic E-state index is 14.2. The lowest BCUT2D eigenvalue weighted by molar-refractivity contribution is 0.292. The summed E-state index contributed by atoms with van der Waals surface area (Å²) in [6.07, 6.45) is 6.90. The zero-order chi connectivity index (χ0) is 29.9. The van der Waals surface area contributed by atoms with Gasteiger partial charge in [-0.1, -0.05) is 24.3 Å². The first-order valence-electron chi connectivity index (χ1n) is 15.9. The minimum atomic E-state index is -0.518. The van der Waals surface area contributed by atoms with Crippen molar-refractivity contribution in [2.45, 2.75) is 75.3 Å². The van der Waals surface area contributed by atoms with Crippen molar-refractivity contribution in [3.8, 4) is 23.1 Å². The number of benzene rings is 2. The molecule has 2 aromatic heterocycles. The normalized spacial score (nSPS) is 26.2. The van der Waals surface area contributed by atoms with E-state index in [1.54, 1.807) is 16.7 Å². The molecule has 9 rings (SSSR count). The SMILES string of the molecule is COc1nc(N2CC3CCC(C2)N3)c2c(=O)n(C3CC3)c(-c3cc(O)cc4ccccc34)nc2n1.FC1CC2CCCN2C1. The second kappa shape index (κ2) is 11.0. The molecule has 11 heteroatoms. The first-order valence-corrected chi connectivity index (χ1v) is 15.9. The third-order valence-electron chi connectivity index (χ3n) is 9.88. The van der Waals surface area contributed by atoms with Crippen LogP contribution in [0, 0.1) is 0 Å². The minimum absolute atomic E-state index is 0.0738. The summed E-state index contributed by atoms with van der Waals surface area (Å²) in [5.41, 5.74) is 0.899. The molecule has 6 heterocycles. The molecule has 4 atom stereocenters. The molecule has 1 saturated carbocycles. The van der Waals surface area contributed by atoms with Crippen LogP contribution in [0.5, 0.6) is 11.8 Å². The Bertz CT molecular complexity index is 1770. The number of nitrogens with one attached hydrogen (secondary N) is 1. The van der Waals surface area contributed by atoms with E-state index in [1.165, 1.54) is 20.0 Å². The average Bonchev–Trinajstić information content (AvgIpc) is 3.53. The van der Waals surface area contributed by atoms with Gasteiger partial charge in [-0.05, 0) is 74.4 Å². The van der Waals surface area contributed by atoms with E-state index in [-0.39, 0.29) is 23.4 Å². The van der Waals surface area contributed by atoms with Crippen molar-refractivity contribution in [1.29, 1.82) is 0 Å². The van der Waals surface area contributed by atoms with Crippen LogP contribution in [0.4, 0.5) is 10.2 Å². The van der Waals surface area contributed by atoms with Crippen LogP contribution >= 0.6 is 0 Å². The number of hydrogen-bond acceptors (Lipinski definition) is 9. The number of rotatable bonds is 4. The molecule has 5 fully saturated rings. The van der Waals surface area contributed by atoms with Crippen molar-refractivity contribution in [1.82, 2.24) is 29.7 Å². The van der Waals surface area contributed by atoms with Crippen LogP contribution < -0.4 is 20.5 Å². The second-order valence-electron chi connectivity index (χ2n) is 13.0. The van der Waals surface area contributed by atoms with Crippen LogP contribution in [-0.2, 0) is 0 Å². The van der Waals surface area contributed by atoms with Crippen LogP contribution in [0.15, 0.2) is 41.2 Å². The van der Waals surface area contributed by atoms with Crippen molar-refractivity contribution in [3.63, 3.8) is 0 Å². The highest BCUT2D eigenvalue weighted by Crippen LogP contribution is 2.40. The van der Waals surface area contributed by atoms with Gasteiger partial charge in [0.2, 0.25) is 0 Å². The van der Waals surface area contributed by atoms with E-state index in [1.807, 2.05) is 24.3 Å². The third-order valence-corrected chi connectivity index (χ3v) is 9.88. The molecule has 4 aromatic rings. The summed E-state index contributed by atoms with van der Waals surface area (Å²) in [7, 11) is 1.53. The van der Waals surface area contributed by atoms with Crippen LogP contribution in [0.1, 0.15) is 51.0 Å². The number of methoxy groups -OCH3 is 1. The lowest BCUT2D eigenvalue weighted by Crippen LogP contribution is -2.51. The molecule has 230 valence electrons. The maximum Gasteiger partial charge on any atom is 0.320 e. The Morgan fingerprint density at radius 3 is 2.52 bits per heavy atom. The lowest BCUT2D eigenvalue weighted by Gasteiger charge is -2.34. The number of aromatic hydroxyl groups is 1. The fourth-order valence-corrected chi connectivity index (χ4v) is 7.72. The number of phenolic OH excluding ortho intramolecular Hbond substituents is 1. The van der Waals surface area contributed by atoms with Crippen molar-refractivity contribution in [2.75, 3.05) is 38.2 Å². The minimum Gasteiger partial charge on any atom is -0.508 e. The third kappa shape index (κ3) is 4.95. The molecule has 2 aromatic carbocycles. The van der Waals surface area contributed by atoms with Gasteiger partial charge in [-0.25, -0.2) is 9.37 Å². The number of anilines is 1. The number of ether oxygens (including phenoxy) is 1. The summed E-state index contributed by atoms with van der Waals surface area (Å²) in [6.45, 7) is 3.43. The Morgan fingerprint density at radius 1 is 0.977 bits per heavy atom. The molecule has 0 radical (unpaired) electrons. The molecule has 1 aliphatic carbocycles. The van der Waals surface area contributed by atoms with Gasteiger partial charge in [0, 0.05) is 49.4 Å². The van der Waals surface area contributed by atoms with Gasteiger partial charge in [0.1, 0.15) is 23.1 Å². The molecule has 0 amide bonds. The van der Waals surface area contributed by atoms with E-state index in [0.717, 1.165) is 62.5 Å². The maximum absolute atomic E-state index is 14.2. The van der Waals surface area contributed by atoms with E-state index >= 15 is 0 Å². The van der Waals surface area contributed by atoms with Crippen molar-refractivity contribution in [2.24, 2.45) is 0 Å². The van der Waals surface area contributed by atoms with Gasteiger partial charge in [0.25, 0.3) is 5.56 Å². The van der Waals surface area contributed by atoms with Crippen molar-refractivity contribution < 1.29 is 14.2 Å². The number of nitrogens with zero attached hydrogens (tertiary/aromatic N) is 6. The summed E-state index contributed by atoms with van der Waals surface area (Å²) < 4.78 is 19.8. The van der Waals surface area contributed by atoms with Crippen molar-refractivity contribution >= 4 is 27.6 Å². The summed E-state index contributed by atoms with van der Waals surface area (Å²) in [5.74, 6) is 1.25. The standard InChI is InChI=1S/C26H26N6O3.C7H12FN/c1-35-26-29-22-21(24(30-26)31-12-15-6-7-16(13-31)27-15)25(34)32(17-8-9-17)23(28-22)20-11-18(33)10-14-4-2-3-5-19(14)20;8-6-4-7-2-1-3-9(7)5-6/h2-5,10-11,15-17,27,33H,6-9,12-13H2,1H3;6-7H,1-5H2. The molecular weight excluding hydrogens is 561 g/mol. The first-order chi connectivity index (χ1) is 21.4. The number of hydrogen-bond donors (Lipinski definition) is 2. The Morgan fingerprint density at radius 2 is 1.77 bits per heavy atom. The van der Waals surface area contributed by atoms with E-state index in [4.69, 9.17) is 9.72 Å². The van der Waals surface area contributed by atoms with Gasteiger partial charge < -0.3 is 20.1 Å². The van der Waals surface area contributed by atoms with Gasteiger partial charge in [-0.15, -0.1) is 0 Å². The lowest BCUT2D eigenvalue weighted by atomic mass is 10.0. The van der Waals surface area contributed by atoms with E-state index < -0.39 is 6.17 Å². The molecule has 2 N–H and O–H groups in total. The largest absolute Gasteiger partial charge is 0.508 e. The number of piperazine rings is 1. The van der Waals surface area contributed by atoms with Gasteiger partial charge in [-0.2, -0.15) is 9.97 Å². The molecule has 4 unspecified atom stereocenters. The molecule has 0 spiro atoms. The topological polar surface area (TPSA) is 109 Å². The molecule has 2 bridgehead atoms. The summed E-state index contributed by atoms with van der Waals surface area (Å²) in [4.78, 5) is 32.8. The van der Waals surface area contributed by atoms with Gasteiger partial charge in [-0.3, -0.25) is 14.3 Å². The summed E-state index contributed by atoms with van der Waals surface area (Å²) >= 11 is 0. The van der Waals surface area contributed by atoms with Crippen LogP contribution in [-0.4, -0.2) is 87.1 Å². The smallest absolute Gasteiger partial charge is 0.320 e. The predicted octanol–water partition coefficient (Wildman–Crippen LogP) is 4.19. The number of phenols is 1. The monoisotopic (exact) mass is 599 g/mol. The molecule has 4 aliphatic heterocycles. The van der Waals surface area contributed by atoms with Crippen LogP contribution in [0.25, 0.3) is 33.2 Å². The Kier molecular flexibility index (Phi) is 6.90. The predicted molar refractivity (Wildman–Crippen MR) is 167 cm³/mol. The van der Waals surface area contributed by atoms with Crippen LogP contribution in [0.2, 0.25) is 0 Å².